The summed E-state index contributed by atoms with van der Waals surface area (Å²) in [6.07, 6.45) is 2.12. The second-order valence-electron chi connectivity index (χ2n) is 5.09. The summed E-state index contributed by atoms with van der Waals surface area (Å²) in [5, 5.41) is 10.6. The standard InChI is InChI=1S/C14H16F3NO2/c15-14(16,17)12-3-1-2-11(4-5-12)13(20)6-8-18(10-19)9-7-13/h1-4,10,20H,5-9H2. The number of hydrogen-bond acceptors (Lipinski definition) is 2. The lowest BCUT2D eigenvalue weighted by molar-refractivity contribution is -0.121. The highest BCUT2D eigenvalue weighted by Crippen LogP contribution is 2.35. The molecule has 0 saturated carbocycles. The molecule has 110 valence electrons. The van der Waals surface area contributed by atoms with Crippen LogP contribution < -0.4 is 0 Å². The topological polar surface area (TPSA) is 40.5 Å². The van der Waals surface area contributed by atoms with Crippen LogP contribution in [-0.4, -0.2) is 41.3 Å². The van der Waals surface area contributed by atoms with E-state index in [9.17, 15) is 23.1 Å². The molecule has 0 aromatic heterocycles. The van der Waals surface area contributed by atoms with Crippen LogP contribution in [0.5, 0.6) is 0 Å². The number of aliphatic hydroxyl groups is 1. The Morgan fingerprint density at radius 1 is 1.30 bits per heavy atom. The van der Waals surface area contributed by atoms with Gasteiger partial charge in [-0.3, -0.25) is 4.79 Å². The summed E-state index contributed by atoms with van der Waals surface area (Å²) >= 11 is 0. The molecule has 0 atom stereocenters. The SMILES string of the molecule is O=CN1CCC(O)(C2=CCC(C(F)(F)F)=CC=C2)CC1. The summed E-state index contributed by atoms with van der Waals surface area (Å²) in [5.74, 6) is 0. The molecule has 0 unspecified atom stereocenters. The number of hydrogen-bond donors (Lipinski definition) is 1. The van der Waals surface area contributed by atoms with Crippen molar-refractivity contribution in [2.75, 3.05) is 13.1 Å². The van der Waals surface area contributed by atoms with E-state index in [0.29, 0.717) is 31.5 Å². The molecular weight excluding hydrogens is 271 g/mol. The summed E-state index contributed by atoms with van der Waals surface area (Å²) in [6, 6.07) is 0. The van der Waals surface area contributed by atoms with Gasteiger partial charge in [0.1, 0.15) is 0 Å². The summed E-state index contributed by atoms with van der Waals surface area (Å²) < 4.78 is 37.9. The highest BCUT2D eigenvalue weighted by atomic mass is 19.4. The van der Waals surface area contributed by atoms with Crippen LogP contribution >= 0.6 is 0 Å². The van der Waals surface area contributed by atoms with Crippen LogP contribution in [0.3, 0.4) is 0 Å². The highest BCUT2D eigenvalue weighted by molar-refractivity contribution is 5.48. The molecule has 20 heavy (non-hydrogen) atoms. The van der Waals surface area contributed by atoms with Crippen LogP contribution in [0, 0.1) is 0 Å². The molecule has 0 aromatic rings. The Hall–Kier alpha value is -1.56. The minimum Gasteiger partial charge on any atom is -0.385 e. The van der Waals surface area contributed by atoms with Gasteiger partial charge in [-0.25, -0.2) is 0 Å². The van der Waals surface area contributed by atoms with Crippen molar-refractivity contribution in [1.82, 2.24) is 4.90 Å². The molecule has 6 heteroatoms. The zero-order valence-corrected chi connectivity index (χ0v) is 10.9. The summed E-state index contributed by atoms with van der Waals surface area (Å²) in [7, 11) is 0. The average molecular weight is 287 g/mol. The van der Waals surface area contributed by atoms with E-state index in [4.69, 9.17) is 0 Å². The van der Waals surface area contributed by atoms with Gasteiger partial charge in [-0.05, 0) is 24.8 Å². The molecule has 0 aromatic carbocycles. The molecule has 1 aliphatic heterocycles. The molecular formula is C14H16F3NO2. The maximum absolute atomic E-state index is 12.6. The zero-order chi connectivity index (χ0) is 14.8. The quantitative estimate of drug-likeness (QED) is 0.792. The van der Waals surface area contributed by atoms with E-state index in [-0.39, 0.29) is 6.42 Å². The Kier molecular flexibility index (Phi) is 4.04. The Labute approximate surface area is 115 Å². The van der Waals surface area contributed by atoms with Gasteiger partial charge < -0.3 is 10.0 Å². The molecule has 1 fully saturated rings. The lowest BCUT2D eigenvalue weighted by Gasteiger charge is -2.37. The first-order valence-electron chi connectivity index (χ1n) is 6.42. The molecule has 1 N–H and O–H groups in total. The number of carbonyl (C=O) groups is 1. The Balaban J connectivity index is 2.12. The maximum Gasteiger partial charge on any atom is 0.412 e. The van der Waals surface area contributed by atoms with E-state index in [2.05, 4.69) is 0 Å². The molecule has 0 radical (unpaired) electrons. The molecule has 0 spiro atoms. The molecule has 1 aliphatic carbocycles. The van der Waals surface area contributed by atoms with Crippen LogP contribution in [0.25, 0.3) is 0 Å². The van der Waals surface area contributed by atoms with Crippen molar-refractivity contribution in [2.24, 2.45) is 0 Å². The monoisotopic (exact) mass is 287 g/mol. The van der Waals surface area contributed by atoms with Gasteiger partial charge in [0.15, 0.2) is 0 Å². The first kappa shape index (κ1) is 14.8. The van der Waals surface area contributed by atoms with Crippen molar-refractivity contribution >= 4 is 6.41 Å². The predicted molar refractivity (Wildman–Crippen MR) is 67.8 cm³/mol. The predicted octanol–water partition coefficient (Wildman–Crippen LogP) is 2.34. The number of nitrogens with zero attached hydrogens (tertiary/aromatic N) is 1. The molecule has 1 heterocycles. The van der Waals surface area contributed by atoms with Gasteiger partial charge in [0.05, 0.1) is 5.60 Å². The van der Waals surface area contributed by atoms with Crippen LogP contribution in [-0.2, 0) is 4.79 Å². The van der Waals surface area contributed by atoms with Crippen LogP contribution in [0.15, 0.2) is 35.5 Å². The smallest absolute Gasteiger partial charge is 0.385 e. The Morgan fingerprint density at radius 2 is 1.95 bits per heavy atom. The minimum atomic E-state index is -4.35. The van der Waals surface area contributed by atoms with Gasteiger partial charge in [-0.15, -0.1) is 0 Å². The van der Waals surface area contributed by atoms with E-state index in [0.717, 1.165) is 12.5 Å². The van der Waals surface area contributed by atoms with Crippen molar-refractivity contribution in [1.29, 1.82) is 0 Å². The van der Waals surface area contributed by atoms with Crippen LogP contribution in [0.2, 0.25) is 0 Å². The second-order valence-corrected chi connectivity index (χ2v) is 5.09. The Bertz CT molecular complexity index is 469. The number of carbonyl (C=O) groups excluding carboxylic acids is 1. The van der Waals surface area contributed by atoms with Crippen molar-refractivity contribution in [3.8, 4) is 0 Å². The molecule has 0 bridgehead atoms. The lowest BCUT2D eigenvalue weighted by atomic mass is 9.83. The molecule has 2 aliphatic rings. The van der Waals surface area contributed by atoms with E-state index >= 15 is 0 Å². The van der Waals surface area contributed by atoms with Gasteiger partial charge in [0.25, 0.3) is 0 Å². The van der Waals surface area contributed by atoms with E-state index in [1.807, 2.05) is 0 Å². The maximum atomic E-state index is 12.6. The molecule has 1 saturated heterocycles. The van der Waals surface area contributed by atoms with Gasteiger partial charge in [0.2, 0.25) is 6.41 Å². The lowest BCUT2D eigenvalue weighted by Crippen LogP contribution is -2.44. The number of piperidine rings is 1. The van der Waals surface area contributed by atoms with Crippen LogP contribution in [0.1, 0.15) is 19.3 Å². The van der Waals surface area contributed by atoms with Gasteiger partial charge >= 0.3 is 6.18 Å². The number of halogens is 3. The van der Waals surface area contributed by atoms with Crippen LogP contribution in [0.4, 0.5) is 13.2 Å². The summed E-state index contributed by atoms with van der Waals surface area (Å²) in [5.41, 5.74) is -1.28. The molecule has 3 nitrogen and oxygen atoms in total. The largest absolute Gasteiger partial charge is 0.412 e. The van der Waals surface area contributed by atoms with Crippen molar-refractivity contribution < 1.29 is 23.1 Å². The average Bonchev–Trinajstić information content (AvgIpc) is 2.65. The number of amides is 1. The zero-order valence-electron chi connectivity index (χ0n) is 10.9. The first-order chi connectivity index (χ1) is 9.35. The normalized spacial score (nSPS) is 22.9. The van der Waals surface area contributed by atoms with E-state index in [1.54, 1.807) is 4.90 Å². The minimum absolute atomic E-state index is 0.245. The number of alkyl halides is 3. The second kappa shape index (κ2) is 5.44. The first-order valence-corrected chi connectivity index (χ1v) is 6.42. The van der Waals surface area contributed by atoms with E-state index in [1.165, 1.54) is 18.2 Å². The fourth-order valence-electron chi connectivity index (χ4n) is 2.47. The Morgan fingerprint density at radius 3 is 2.50 bits per heavy atom. The fraction of sp³-hybridized carbons (Fsp3) is 0.500. The number of allylic oxidation sites excluding steroid dienone is 4. The third-order valence-corrected chi connectivity index (χ3v) is 3.79. The van der Waals surface area contributed by atoms with Gasteiger partial charge in [-0.1, -0.05) is 24.3 Å². The summed E-state index contributed by atoms with van der Waals surface area (Å²) in [4.78, 5) is 12.2. The third-order valence-electron chi connectivity index (χ3n) is 3.79. The summed E-state index contributed by atoms with van der Waals surface area (Å²) in [6.45, 7) is 0.815. The van der Waals surface area contributed by atoms with Crippen molar-refractivity contribution in [2.45, 2.75) is 31.0 Å². The van der Waals surface area contributed by atoms with Crippen molar-refractivity contribution in [3.05, 3.63) is 35.5 Å². The number of rotatable bonds is 2. The van der Waals surface area contributed by atoms with E-state index < -0.39 is 17.4 Å². The molecule has 1 amide bonds. The fourth-order valence-corrected chi connectivity index (χ4v) is 2.47. The van der Waals surface area contributed by atoms with Gasteiger partial charge in [-0.2, -0.15) is 13.2 Å². The molecule has 2 rings (SSSR count). The van der Waals surface area contributed by atoms with Gasteiger partial charge in [0, 0.05) is 18.7 Å². The highest BCUT2D eigenvalue weighted by Gasteiger charge is 2.36. The number of likely N-dealkylation sites (tertiary alicyclic amines) is 1. The van der Waals surface area contributed by atoms with Crippen molar-refractivity contribution in [3.63, 3.8) is 0 Å². The third kappa shape index (κ3) is 3.12.